The maximum atomic E-state index is 5.68. The first-order valence-electron chi connectivity index (χ1n) is 8.56. The number of hydrogen-bond acceptors (Lipinski definition) is 2. The molecule has 2 rings (SSSR count). The van der Waals surface area contributed by atoms with Gasteiger partial charge in [0.15, 0.2) is 0 Å². The van der Waals surface area contributed by atoms with Crippen molar-refractivity contribution in [2.45, 2.75) is 58.9 Å². The summed E-state index contributed by atoms with van der Waals surface area (Å²) >= 11 is 0. The SMILES string of the molecule is CCOc1cccc(C2CC(C)CCC2CNC(C)C)c1. The van der Waals surface area contributed by atoms with Gasteiger partial charge in [-0.3, -0.25) is 0 Å². The zero-order valence-corrected chi connectivity index (χ0v) is 14.1. The minimum absolute atomic E-state index is 0.569. The summed E-state index contributed by atoms with van der Waals surface area (Å²) in [5.74, 6) is 3.27. The standard InChI is InChI=1S/C19H31NO/c1-5-21-18-8-6-7-16(12-18)19-11-15(4)9-10-17(19)13-20-14(2)3/h6-8,12,14-15,17,19-20H,5,9-11,13H2,1-4H3. The Labute approximate surface area is 130 Å². The van der Waals surface area contributed by atoms with E-state index in [0.29, 0.717) is 12.0 Å². The highest BCUT2D eigenvalue weighted by Crippen LogP contribution is 2.41. The Morgan fingerprint density at radius 1 is 1.29 bits per heavy atom. The lowest BCUT2D eigenvalue weighted by Crippen LogP contribution is -2.34. The lowest BCUT2D eigenvalue weighted by atomic mass is 9.71. The molecule has 0 aromatic heterocycles. The van der Waals surface area contributed by atoms with Crippen molar-refractivity contribution in [3.63, 3.8) is 0 Å². The minimum atomic E-state index is 0.569. The minimum Gasteiger partial charge on any atom is -0.494 e. The molecular formula is C19H31NO. The second-order valence-electron chi connectivity index (χ2n) is 6.85. The van der Waals surface area contributed by atoms with Gasteiger partial charge in [-0.15, -0.1) is 0 Å². The molecule has 1 aliphatic rings. The summed E-state index contributed by atoms with van der Waals surface area (Å²) in [6.45, 7) is 10.8. The third-order valence-electron chi connectivity index (χ3n) is 4.64. The maximum Gasteiger partial charge on any atom is 0.119 e. The Balaban J connectivity index is 2.13. The molecule has 3 atom stereocenters. The molecule has 118 valence electrons. The molecule has 1 fully saturated rings. The van der Waals surface area contributed by atoms with E-state index in [1.807, 2.05) is 6.92 Å². The number of benzene rings is 1. The molecule has 1 N–H and O–H groups in total. The summed E-state index contributed by atoms with van der Waals surface area (Å²) in [6.07, 6.45) is 4.01. The third kappa shape index (κ3) is 4.74. The molecule has 1 aromatic carbocycles. The molecule has 3 unspecified atom stereocenters. The fraction of sp³-hybridized carbons (Fsp3) is 0.684. The van der Waals surface area contributed by atoms with Crippen LogP contribution in [-0.2, 0) is 0 Å². The van der Waals surface area contributed by atoms with Crippen molar-refractivity contribution in [3.8, 4) is 5.75 Å². The number of rotatable bonds is 6. The summed E-state index contributed by atoms with van der Waals surface area (Å²) < 4.78 is 5.68. The second kappa shape index (κ2) is 7.84. The quantitative estimate of drug-likeness (QED) is 0.826. The first-order chi connectivity index (χ1) is 10.1. The van der Waals surface area contributed by atoms with Gasteiger partial charge in [0.1, 0.15) is 5.75 Å². The van der Waals surface area contributed by atoms with Gasteiger partial charge in [0.05, 0.1) is 6.61 Å². The highest BCUT2D eigenvalue weighted by Gasteiger charge is 2.29. The zero-order chi connectivity index (χ0) is 15.2. The molecule has 0 heterocycles. The van der Waals surface area contributed by atoms with Crippen molar-refractivity contribution in [1.82, 2.24) is 5.32 Å². The average molecular weight is 289 g/mol. The summed E-state index contributed by atoms with van der Waals surface area (Å²) in [5.41, 5.74) is 1.46. The summed E-state index contributed by atoms with van der Waals surface area (Å²) in [4.78, 5) is 0. The Morgan fingerprint density at radius 2 is 2.10 bits per heavy atom. The van der Waals surface area contributed by atoms with Crippen LogP contribution in [0.4, 0.5) is 0 Å². The van der Waals surface area contributed by atoms with E-state index in [1.165, 1.54) is 24.8 Å². The molecule has 0 aliphatic heterocycles. The monoisotopic (exact) mass is 289 g/mol. The molecule has 21 heavy (non-hydrogen) atoms. The van der Waals surface area contributed by atoms with Crippen molar-refractivity contribution >= 4 is 0 Å². The van der Waals surface area contributed by atoms with Gasteiger partial charge in [0, 0.05) is 6.04 Å². The molecule has 0 saturated heterocycles. The van der Waals surface area contributed by atoms with Crippen molar-refractivity contribution < 1.29 is 4.74 Å². The van der Waals surface area contributed by atoms with Crippen LogP contribution in [0.3, 0.4) is 0 Å². The molecule has 0 bridgehead atoms. The van der Waals surface area contributed by atoms with Crippen LogP contribution in [0.25, 0.3) is 0 Å². The molecule has 0 radical (unpaired) electrons. The number of nitrogens with one attached hydrogen (secondary N) is 1. The van der Waals surface area contributed by atoms with Crippen molar-refractivity contribution in [3.05, 3.63) is 29.8 Å². The largest absolute Gasteiger partial charge is 0.494 e. The topological polar surface area (TPSA) is 21.3 Å². The Morgan fingerprint density at radius 3 is 2.81 bits per heavy atom. The van der Waals surface area contributed by atoms with Crippen LogP contribution in [-0.4, -0.2) is 19.2 Å². The molecular weight excluding hydrogens is 258 g/mol. The molecule has 1 saturated carbocycles. The summed E-state index contributed by atoms with van der Waals surface area (Å²) in [7, 11) is 0. The van der Waals surface area contributed by atoms with Crippen LogP contribution in [0.1, 0.15) is 58.4 Å². The van der Waals surface area contributed by atoms with Gasteiger partial charge < -0.3 is 10.1 Å². The number of hydrogen-bond donors (Lipinski definition) is 1. The van der Waals surface area contributed by atoms with E-state index < -0.39 is 0 Å². The predicted octanol–water partition coefficient (Wildman–Crippen LogP) is 4.60. The fourth-order valence-electron chi connectivity index (χ4n) is 3.48. The van der Waals surface area contributed by atoms with E-state index in [9.17, 15) is 0 Å². The van der Waals surface area contributed by atoms with Crippen LogP contribution >= 0.6 is 0 Å². The van der Waals surface area contributed by atoms with E-state index in [1.54, 1.807) is 0 Å². The summed E-state index contributed by atoms with van der Waals surface area (Å²) in [5, 5.41) is 3.64. The highest BCUT2D eigenvalue weighted by atomic mass is 16.5. The van der Waals surface area contributed by atoms with Gasteiger partial charge in [-0.1, -0.05) is 39.3 Å². The van der Waals surface area contributed by atoms with E-state index >= 15 is 0 Å². The van der Waals surface area contributed by atoms with Crippen LogP contribution in [0, 0.1) is 11.8 Å². The lowest BCUT2D eigenvalue weighted by Gasteiger charge is -2.36. The van der Waals surface area contributed by atoms with Gasteiger partial charge in [-0.05, 0) is 61.8 Å². The third-order valence-corrected chi connectivity index (χ3v) is 4.64. The second-order valence-corrected chi connectivity index (χ2v) is 6.85. The first kappa shape index (κ1) is 16.4. The first-order valence-corrected chi connectivity index (χ1v) is 8.56. The Bertz CT molecular complexity index is 429. The van der Waals surface area contributed by atoms with Gasteiger partial charge in [0.2, 0.25) is 0 Å². The normalized spacial score (nSPS) is 26.0. The highest BCUT2D eigenvalue weighted by molar-refractivity contribution is 5.31. The molecule has 2 nitrogen and oxygen atoms in total. The van der Waals surface area contributed by atoms with Crippen LogP contribution in [0.15, 0.2) is 24.3 Å². The van der Waals surface area contributed by atoms with E-state index in [2.05, 4.69) is 50.4 Å². The van der Waals surface area contributed by atoms with Crippen molar-refractivity contribution in [1.29, 1.82) is 0 Å². The lowest BCUT2D eigenvalue weighted by molar-refractivity contribution is 0.237. The Hall–Kier alpha value is -1.02. The number of ether oxygens (including phenoxy) is 1. The smallest absolute Gasteiger partial charge is 0.119 e. The van der Waals surface area contributed by atoms with Gasteiger partial charge in [-0.25, -0.2) is 0 Å². The molecule has 0 amide bonds. The van der Waals surface area contributed by atoms with E-state index in [4.69, 9.17) is 4.74 Å². The maximum absolute atomic E-state index is 5.68. The van der Waals surface area contributed by atoms with Crippen LogP contribution < -0.4 is 10.1 Å². The fourth-order valence-corrected chi connectivity index (χ4v) is 3.48. The predicted molar refractivity (Wildman–Crippen MR) is 90.0 cm³/mol. The van der Waals surface area contributed by atoms with Crippen LogP contribution in [0.5, 0.6) is 5.75 Å². The average Bonchev–Trinajstić information content (AvgIpc) is 2.46. The zero-order valence-electron chi connectivity index (χ0n) is 14.1. The Kier molecular flexibility index (Phi) is 6.10. The molecule has 2 heteroatoms. The summed E-state index contributed by atoms with van der Waals surface area (Å²) in [6, 6.07) is 9.33. The van der Waals surface area contributed by atoms with Crippen molar-refractivity contribution in [2.24, 2.45) is 11.8 Å². The molecule has 1 aromatic rings. The van der Waals surface area contributed by atoms with Crippen molar-refractivity contribution in [2.75, 3.05) is 13.2 Å². The van der Waals surface area contributed by atoms with E-state index in [-0.39, 0.29) is 0 Å². The molecule has 1 aliphatic carbocycles. The van der Waals surface area contributed by atoms with Gasteiger partial charge >= 0.3 is 0 Å². The molecule has 0 spiro atoms. The van der Waals surface area contributed by atoms with Gasteiger partial charge in [0.25, 0.3) is 0 Å². The van der Waals surface area contributed by atoms with Gasteiger partial charge in [-0.2, -0.15) is 0 Å². The van der Waals surface area contributed by atoms with Crippen LogP contribution in [0.2, 0.25) is 0 Å². The van der Waals surface area contributed by atoms with E-state index in [0.717, 1.165) is 30.7 Å².